The van der Waals surface area contributed by atoms with E-state index in [-0.39, 0.29) is 0 Å². The van der Waals surface area contributed by atoms with Gasteiger partial charge in [-0.25, -0.2) is 0 Å². The van der Waals surface area contributed by atoms with Gasteiger partial charge in [-0.05, 0) is 108 Å². The molecule has 0 amide bonds. The lowest BCUT2D eigenvalue weighted by Gasteiger charge is -2.32. The highest BCUT2D eigenvalue weighted by atomic mass is 15.2. The molecule has 0 bridgehead atoms. The van der Waals surface area contributed by atoms with Crippen molar-refractivity contribution in [2.24, 2.45) is 0 Å². The van der Waals surface area contributed by atoms with E-state index in [4.69, 9.17) is 0 Å². The molecule has 1 fully saturated rings. The van der Waals surface area contributed by atoms with Crippen molar-refractivity contribution in [1.82, 2.24) is 0 Å². The van der Waals surface area contributed by atoms with Crippen LogP contribution in [0.15, 0.2) is 158 Å². The zero-order chi connectivity index (χ0) is 32.7. The number of anilines is 6. The van der Waals surface area contributed by atoms with Crippen LogP contribution in [-0.2, 0) is 0 Å². The number of hydrogen-bond acceptors (Lipinski definition) is 2. The summed E-state index contributed by atoms with van der Waals surface area (Å²) in [6.07, 6.45) is 6.65. The van der Waals surface area contributed by atoms with E-state index >= 15 is 0 Å². The van der Waals surface area contributed by atoms with E-state index in [2.05, 4.69) is 174 Å². The molecule has 1 saturated carbocycles. The lowest BCUT2D eigenvalue weighted by molar-refractivity contribution is 0.443. The Labute approximate surface area is 289 Å². The van der Waals surface area contributed by atoms with Crippen molar-refractivity contribution in [3.05, 3.63) is 169 Å². The van der Waals surface area contributed by atoms with Crippen LogP contribution in [-0.4, -0.2) is 0 Å². The predicted molar refractivity (Wildman–Crippen MR) is 210 cm³/mol. The van der Waals surface area contributed by atoms with Gasteiger partial charge in [-0.1, -0.05) is 122 Å². The first-order valence-electron chi connectivity index (χ1n) is 17.8. The van der Waals surface area contributed by atoms with Gasteiger partial charge in [-0.3, -0.25) is 0 Å². The topological polar surface area (TPSA) is 6.48 Å². The molecule has 0 aromatic heterocycles. The number of para-hydroxylation sites is 4. The van der Waals surface area contributed by atoms with Crippen molar-refractivity contribution in [2.75, 3.05) is 9.80 Å². The summed E-state index contributed by atoms with van der Waals surface area (Å²) in [5.41, 5.74) is 9.88. The molecule has 0 heterocycles. The first kappa shape index (κ1) is 29.5. The lowest BCUT2D eigenvalue weighted by Crippen LogP contribution is -2.14. The Morgan fingerprint density at radius 1 is 0.429 bits per heavy atom. The van der Waals surface area contributed by atoms with Crippen molar-refractivity contribution < 1.29 is 0 Å². The third kappa shape index (κ3) is 5.11. The molecule has 0 spiro atoms. The van der Waals surface area contributed by atoms with Gasteiger partial charge < -0.3 is 9.80 Å². The summed E-state index contributed by atoms with van der Waals surface area (Å²) >= 11 is 0. The van der Waals surface area contributed by atoms with Gasteiger partial charge in [0.2, 0.25) is 0 Å². The van der Waals surface area contributed by atoms with Crippen LogP contribution in [0.4, 0.5) is 34.1 Å². The number of hydrogen-bond donors (Lipinski definition) is 0. The number of aryl methyl sites for hydroxylation is 1. The highest BCUT2D eigenvalue weighted by Crippen LogP contribution is 2.51. The minimum absolute atomic E-state index is 0.653. The molecule has 0 saturated heterocycles. The molecule has 0 aliphatic heterocycles. The van der Waals surface area contributed by atoms with Gasteiger partial charge >= 0.3 is 0 Å². The SMILES string of the molecule is Cc1c(C2CCCCC2)cc2ccc3c(N(c4ccccc4)c4ccccc4)cc(N(c4ccccc4)c4ccccc4)c4ccc1c2c34. The summed E-state index contributed by atoms with van der Waals surface area (Å²) in [6.45, 7) is 2.37. The standard InChI is InChI=1S/C47H40N2/c1-33-40-29-30-42-45(49(38-23-13-5-14-24-38)39-25-15-6-16-26-39)32-44(48(36-19-9-3-10-20-36)37-21-11-4-12-22-37)41-28-27-35(46(40)47(41)42)31-43(33)34-17-7-2-8-18-34/h3-6,9-16,19-32,34H,2,7-8,17-18H2,1H3. The maximum atomic E-state index is 2.54. The van der Waals surface area contributed by atoms with Gasteiger partial charge in [-0.2, -0.15) is 0 Å². The first-order valence-corrected chi connectivity index (χ1v) is 17.8. The summed E-state index contributed by atoms with van der Waals surface area (Å²) in [5.74, 6) is 0.653. The Bertz CT molecular complexity index is 2180. The zero-order valence-corrected chi connectivity index (χ0v) is 28.0. The summed E-state index contributed by atoms with van der Waals surface area (Å²) < 4.78 is 0. The van der Waals surface area contributed by atoms with Crippen LogP contribution in [0.2, 0.25) is 0 Å². The van der Waals surface area contributed by atoms with E-state index in [1.807, 2.05) is 0 Å². The molecule has 9 rings (SSSR count). The third-order valence-electron chi connectivity index (χ3n) is 10.8. The second-order valence-corrected chi connectivity index (χ2v) is 13.6. The van der Waals surface area contributed by atoms with Crippen LogP contribution in [0.1, 0.15) is 49.1 Å². The van der Waals surface area contributed by atoms with Crippen LogP contribution < -0.4 is 9.80 Å². The molecule has 0 unspecified atom stereocenters. The Balaban J connectivity index is 1.41. The molecule has 0 N–H and O–H groups in total. The van der Waals surface area contributed by atoms with Crippen molar-refractivity contribution in [3.8, 4) is 0 Å². The normalized spacial score (nSPS) is 13.7. The molecule has 2 nitrogen and oxygen atoms in total. The van der Waals surface area contributed by atoms with E-state index < -0.39 is 0 Å². The molecule has 238 valence electrons. The van der Waals surface area contributed by atoms with Crippen LogP contribution in [0.25, 0.3) is 32.3 Å². The third-order valence-corrected chi connectivity index (χ3v) is 10.8. The number of benzene rings is 8. The summed E-state index contributed by atoms with van der Waals surface area (Å²) in [7, 11) is 0. The van der Waals surface area contributed by atoms with Gasteiger partial charge in [-0.15, -0.1) is 0 Å². The Morgan fingerprint density at radius 3 is 1.33 bits per heavy atom. The van der Waals surface area contributed by atoms with E-state index in [1.54, 1.807) is 5.56 Å². The number of rotatable bonds is 7. The zero-order valence-electron chi connectivity index (χ0n) is 28.0. The maximum Gasteiger partial charge on any atom is 0.0561 e. The van der Waals surface area contributed by atoms with Crippen molar-refractivity contribution >= 4 is 66.4 Å². The number of nitrogens with zero attached hydrogens (tertiary/aromatic N) is 2. The molecule has 1 aliphatic carbocycles. The molecular formula is C47H40N2. The van der Waals surface area contributed by atoms with Crippen LogP contribution in [0.3, 0.4) is 0 Å². The van der Waals surface area contributed by atoms with Crippen LogP contribution in [0, 0.1) is 6.92 Å². The van der Waals surface area contributed by atoms with Crippen molar-refractivity contribution in [1.29, 1.82) is 0 Å². The van der Waals surface area contributed by atoms with Crippen LogP contribution in [0.5, 0.6) is 0 Å². The lowest BCUT2D eigenvalue weighted by atomic mass is 9.79. The minimum Gasteiger partial charge on any atom is -0.310 e. The van der Waals surface area contributed by atoms with Gasteiger partial charge in [0.25, 0.3) is 0 Å². The fraction of sp³-hybridized carbons (Fsp3) is 0.149. The molecule has 2 heteroatoms. The smallest absolute Gasteiger partial charge is 0.0561 e. The molecule has 49 heavy (non-hydrogen) atoms. The summed E-state index contributed by atoms with van der Waals surface area (Å²) in [4.78, 5) is 4.87. The van der Waals surface area contributed by atoms with Gasteiger partial charge in [0.05, 0.1) is 11.4 Å². The molecule has 8 aromatic carbocycles. The van der Waals surface area contributed by atoms with Crippen LogP contribution >= 0.6 is 0 Å². The molecule has 0 radical (unpaired) electrons. The highest BCUT2D eigenvalue weighted by Gasteiger charge is 2.26. The average molecular weight is 633 g/mol. The monoisotopic (exact) mass is 632 g/mol. The first-order chi connectivity index (χ1) is 24.3. The second-order valence-electron chi connectivity index (χ2n) is 13.6. The van der Waals surface area contributed by atoms with Gasteiger partial charge in [0.1, 0.15) is 0 Å². The van der Waals surface area contributed by atoms with Gasteiger partial charge in [0.15, 0.2) is 0 Å². The van der Waals surface area contributed by atoms with E-state index in [9.17, 15) is 0 Å². The van der Waals surface area contributed by atoms with Crippen molar-refractivity contribution in [3.63, 3.8) is 0 Å². The quantitative estimate of drug-likeness (QED) is 0.161. The minimum atomic E-state index is 0.653. The Kier molecular flexibility index (Phi) is 7.50. The fourth-order valence-corrected chi connectivity index (χ4v) is 8.47. The highest BCUT2D eigenvalue weighted by molar-refractivity contribution is 6.29. The van der Waals surface area contributed by atoms with Crippen molar-refractivity contribution in [2.45, 2.75) is 44.9 Å². The molecule has 8 aromatic rings. The second kappa shape index (κ2) is 12.5. The average Bonchev–Trinajstić information content (AvgIpc) is 3.17. The fourth-order valence-electron chi connectivity index (χ4n) is 8.47. The molecule has 0 atom stereocenters. The predicted octanol–water partition coefficient (Wildman–Crippen LogP) is 13.9. The summed E-state index contributed by atoms with van der Waals surface area (Å²) in [5, 5.41) is 7.95. The van der Waals surface area contributed by atoms with E-state index in [0.717, 1.165) is 22.7 Å². The van der Waals surface area contributed by atoms with Gasteiger partial charge in [0, 0.05) is 38.9 Å². The maximum absolute atomic E-state index is 2.54. The molecular weight excluding hydrogens is 593 g/mol. The molecule has 1 aliphatic rings. The van der Waals surface area contributed by atoms with E-state index in [1.165, 1.54) is 81.4 Å². The van der Waals surface area contributed by atoms with E-state index in [0.29, 0.717) is 5.92 Å². The Morgan fingerprint density at radius 2 is 0.857 bits per heavy atom. The Hall–Kier alpha value is -5.60. The largest absolute Gasteiger partial charge is 0.310 e. The summed E-state index contributed by atoms with van der Waals surface area (Å²) in [6, 6.07) is 57.8.